The standard InChI is InChI=1S/C14H18N2O5/c1-8(2)12(14(18)21-4)15-13(17)11-7-10(16(19)20)6-5-9(11)3/h5-8,12H,1-4H3,(H,15,17). The Morgan fingerprint density at radius 1 is 1.33 bits per heavy atom. The number of esters is 1. The molecule has 1 amide bonds. The minimum Gasteiger partial charge on any atom is -0.467 e. The Hall–Kier alpha value is -2.44. The van der Waals surface area contributed by atoms with Crippen LogP contribution in [0.3, 0.4) is 0 Å². The van der Waals surface area contributed by atoms with Crippen molar-refractivity contribution in [1.82, 2.24) is 5.32 Å². The molecule has 1 N–H and O–H groups in total. The van der Waals surface area contributed by atoms with E-state index in [1.807, 2.05) is 0 Å². The fraction of sp³-hybridized carbons (Fsp3) is 0.429. The summed E-state index contributed by atoms with van der Waals surface area (Å²) in [6.07, 6.45) is 0. The summed E-state index contributed by atoms with van der Waals surface area (Å²) in [6.45, 7) is 5.20. The fourth-order valence-electron chi connectivity index (χ4n) is 1.81. The van der Waals surface area contributed by atoms with Crippen molar-refractivity contribution >= 4 is 17.6 Å². The Morgan fingerprint density at radius 2 is 1.95 bits per heavy atom. The number of methoxy groups -OCH3 is 1. The normalized spacial score (nSPS) is 11.9. The number of rotatable bonds is 5. The molecule has 0 fully saturated rings. The molecule has 21 heavy (non-hydrogen) atoms. The Kier molecular flexibility index (Phi) is 5.40. The van der Waals surface area contributed by atoms with Crippen LogP contribution in [0.15, 0.2) is 18.2 Å². The second kappa shape index (κ2) is 6.83. The van der Waals surface area contributed by atoms with Crippen molar-refractivity contribution in [2.75, 3.05) is 7.11 Å². The Labute approximate surface area is 122 Å². The molecule has 7 nitrogen and oxygen atoms in total. The molecule has 7 heteroatoms. The van der Waals surface area contributed by atoms with Crippen LogP contribution >= 0.6 is 0 Å². The molecule has 0 radical (unpaired) electrons. The molecular weight excluding hydrogens is 276 g/mol. The SMILES string of the molecule is COC(=O)C(NC(=O)c1cc([N+](=O)[O-])ccc1C)C(C)C. The zero-order valence-corrected chi connectivity index (χ0v) is 12.4. The largest absolute Gasteiger partial charge is 0.467 e. The Morgan fingerprint density at radius 3 is 2.43 bits per heavy atom. The van der Waals surface area contributed by atoms with E-state index in [2.05, 4.69) is 10.1 Å². The van der Waals surface area contributed by atoms with E-state index in [-0.39, 0.29) is 17.2 Å². The molecule has 0 heterocycles. The van der Waals surface area contributed by atoms with Gasteiger partial charge in [-0.15, -0.1) is 0 Å². The number of amides is 1. The zero-order valence-electron chi connectivity index (χ0n) is 12.4. The highest BCUT2D eigenvalue weighted by molar-refractivity contribution is 5.98. The van der Waals surface area contributed by atoms with Crippen LogP contribution in [-0.4, -0.2) is 30.0 Å². The minimum atomic E-state index is -0.804. The zero-order chi connectivity index (χ0) is 16.2. The van der Waals surface area contributed by atoms with E-state index in [1.165, 1.54) is 25.3 Å². The van der Waals surface area contributed by atoms with Gasteiger partial charge in [-0.3, -0.25) is 14.9 Å². The number of hydrogen-bond donors (Lipinski definition) is 1. The number of carbonyl (C=O) groups excluding carboxylic acids is 2. The van der Waals surface area contributed by atoms with E-state index < -0.39 is 22.8 Å². The Bertz CT molecular complexity index is 568. The van der Waals surface area contributed by atoms with Gasteiger partial charge in [0.1, 0.15) is 6.04 Å². The number of nitrogens with one attached hydrogen (secondary N) is 1. The molecule has 0 saturated carbocycles. The summed E-state index contributed by atoms with van der Waals surface area (Å²) in [5, 5.41) is 13.3. The monoisotopic (exact) mass is 294 g/mol. The van der Waals surface area contributed by atoms with Gasteiger partial charge in [0.25, 0.3) is 11.6 Å². The van der Waals surface area contributed by atoms with Gasteiger partial charge in [0.15, 0.2) is 0 Å². The average Bonchev–Trinajstić information content (AvgIpc) is 2.43. The van der Waals surface area contributed by atoms with E-state index >= 15 is 0 Å². The summed E-state index contributed by atoms with van der Waals surface area (Å²) in [5.74, 6) is -1.26. The van der Waals surface area contributed by atoms with Crippen LogP contribution in [0.25, 0.3) is 0 Å². The summed E-state index contributed by atoms with van der Waals surface area (Å²) in [5.41, 5.74) is 0.578. The van der Waals surface area contributed by atoms with Crippen LogP contribution in [0.5, 0.6) is 0 Å². The van der Waals surface area contributed by atoms with Gasteiger partial charge in [0.05, 0.1) is 12.0 Å². The molecular formula is C14H18N2O5. The molecule has 0 aliphatic heterocycles. The van der Waals surface area contributed by atoms with Crippen molar-refractivity contribution in [1.29, 1.82) is 0 Å². The van der Waals surface area contributed by atoms with Crippen LogP contribution < -0.4 is 5.32 Å². The third kappa shape index (κ3) is 4.01. The van der Waals surface area contributed by atoms with Gasteiger partial charge in [0, 0.05) is 17.7 Å². The van der Waals surface area contributed by atoms with Crippen LogP contribution in [0.4, 0.5) is 5.69 Å². The molecule has 1 aromatic rings. The van der Waals surface area contributed by atoms with Gasteiger partial charge in [-0.25, -0.2) is 4.79 Å². The molecule has 1 rings (SSSR count). The van der Waals surface area contributed by atoms with E-state index in [1.54, 1.807) is 20.8 Å². The van der Waals surface area contributed by atoms with Crippen LogP contribution in [-0.2, 0) is 9.53 Å². The van der Waals surface area contributed by atoms with Crippen molar-refractivity contribution in [3.63, 3.8) is 0 Å². The van der Waals surface area contributed by atoms with E-state index in [0.29, 0.717) is 5.56 Å². The van der Waals surface area contributed by atoms with Gasteiger partial charge < -0.3 is 10.1 Å². The molecule has 0 aliphatic rings. The van der Waals surface area contributed by atoms with Crippen molar-refractivity contribution < 1.29 is 19.2 Å². The Balaban J connectivity index is 3.05. The van der Waals surface area contributed by atoms with E-state index in [4.69, 9.17) is 0 Å². The molecule has 0 saturated heterocycles. The molecule has 1 unspecified atom stereocenters. The predicted octanol–water partition coefficient (Wildman–Crippen LogP) is 1.83. The summed E-state index contributed by atoms with van der Waals surface area (Å²) in [7, 11) is 1.24. The predicted molar refractivity (Wildman–Crippen MR) is 75.9 cm³/mol. The number of benzene rings is 1. The first-order valence-corrected chi connectivity index (χ1v) is 6.41. The summed E-state index contributed by atoms with van der Waals surface area (Å²) >= 11 is 0. The van der Waals surface area contributed by atoms with Crippen molar-refractivity contribution in [2.45, 2.75) is 26.8 Å². The second-order valence-corrected chi connectivity index (χ2v) is 4.97. The van der Waals surface area contributed by atoms with E-state index in [9.17, 15) is 19.7 Å². The van der Waals surface area contributed by atoms with Gasteiger partial charge in [-0.05, 0) is 18.4 Å². The van der Waals surface area contributed by atoms with Gasteiger partial charge in [-0.1, -0.05) is 19.9 Å². The van der Waals surface area contributed by atoms with Crippen molar-refractivity contribution in [3.8, 4) is 0 Å². The number of carbonyl (C=O) groups is 2. The van der Waals surface area contributed by atoms with Crippen LogP contribution in [0.2, 0.25) is 0 Å². The number of hydrogen-bond acceptors (Lipinski definition) is 5. The number of ether oxygens (including phenoxy) is 1. The summed E-state index contributed by atoms with van der Waals surface area (Å²) in [6, 6.07) is 3.21. The lowest BCUT2D eigenvalue weighted by atomic mass is 10.0. The van der Waals surface area contributed by atoms with Crippen LogP contribution in [0, 0.1) is 23.0 Å². The molecule has 0 bridgehead atoms. The smallest absolute Gasteiger partial charge is 0.328 e. The maximum absolute atomic E-state index is 12.2. The lowest BCUT2D eigenvalue weighted by molar-refractivity contribution is -0.384. The first-order valence-electron chi connectivity index (χ1n) is 6.41. The van der Waals surface area contributed by atoms with Gasteiger partial charge in [-0.2, -0.15) is 0 Å². The van der Waals surface area contributed by atoms with Crippen molar-refractivity contribution in [2.24, 2.45) is 5.92 Å². The molecule has 0 spiro atoms. The maximum atomic E-state index is 12.2. The quantitative estimate of drug-likeness (QED) is 0.507. The average molecular weight is 294 g/mol. The molecule has 1 aromatic carbocycles. The highest BCUT2D eigenvalue weighted by Gasteiger charge is 2.26. The summed E-state index contributed by atoms with van der Waals surface area (Å²) < 4.78 is 4.64. The van der Waals surface area contributed by atoms with Gasteiger partial charge in [0.2, 0.25) is 0 Å². The maximum Gasteiger partial charge on any atom is 0.328 e. The molecule has 114 valence electrons. The molecule has 1 atom stereocenters. The first-order chi connectivity index (χ1) is 9.77. The molecule has 0 aliphatic carbocycles. The first kappa shape index (κ1) is 16.6. The van der Waals surface area contributed by atoms with E-state index in [0.717, 1.165) is 0 Å². The second-order valence-electron chi connectivity index (χ2n) is 4.97. The number of nitro benzene ring substituents is 1. The lowest BCUT2D eigenvalue weighted by Crippen LogP contribution is -2.45. The summed E-state index contributed by atoms with van der Waals surface area (Å²) in [4.78, 5) is 34.1. The highest BCUT2D eigenvalue weighted by atomic mass is 16.6. The van der Waals surface area contributed by atoms with Crippen molar-refractivity contribution in [3.05, 3.63) is 39.4 Å². The number of aryl methyl sites for hydroxylation is 1. The highest BCUT2D eigenvalue weighted by Crippen LogP contribution is 2.18. The van der Waals surface area contributed by atoms with Crippen LogP contribution in [0.1, 0.15) is 29.8 Å². The third-order valence-electron chi connectivity index (χ3n) is 3.08. The number of nitrogens with zero attached hydrogens (tertiary/aromatic N) is 1. The third-order valence-corrected chi connectivity index (χ3v) is 3.08. The fourth-order valence-corrected chi connectivity index (χ4v) is 1.81. The number of nitro groups is 1. The van der Waals surface area contributed by atoms with Gasteiger partial charge >= 0.3 is 5.97 Å². The topological polar surface area (TPSA) is 98.5 Å². The number of non-ortho nitro benzene ring substituents is 1. The minimum absolute atomic E-state index is 0.166. The molecule has 0 aromatic heterocycles. The lowest BCUT2D eigenvalue weighted by Gasteiger charge is -2.20.